The number of nitro groups is 1. The van der Waals surface area contributed by atoms with E-state index in [1.165, 1.54) is 36.2 Å². The Labute approximate surface area is 170 Å². The molecule has 0 amide bonds. The molecule has 1 aromatic heterocycles. The zero-order chi connectivity index (χ0) is 22.1. The van der Waals surface area contributed by atoms with Gasteiger partial charge in [0.15, 0.2) is 5.13 Å². The van der Waals surface area contributed by atoms with E-state index < -0.39 is 39.1 Å². The van der Waals surface area contributed by atoms with Crippen molar-refractivity contribution in [3.8, 4) is 11.8 Å². The van der Waals surface area contributed by atoms with Crippen LogP contribution in [0, 0.1) is 27.8 Å². The minimum Gasteiger partial charge on any atom is -0.340 e. The van der Waals surface area contributed by atoms with Crippen LogP contribution in [0.15, 0.2) is 41.2 Å². The minimum atomic E-state index is -4.85. The molecule has 0 N–H and O–H groups in total. The summed E-state index contributed by atoms with van der Waals surface area (Å²) in [5.41, 5.74) is -2.57. The lowest BCUT2D eigenvalue weighted by molar-refractivity contribution is -0.383. The molecule has 30 heavy (non-hydrogen) atoms. The highest BCUT2D eigenvalue weighted by atomic mass is 32.1. The molecular formula is C19H11F4N3O3S. The third-order valence-corrected chi connectivity index (χ3v) is 5.15. The van der Waals surface area contributed by atoms with E-state index in [0.717, 1.165) is 11.3 Å². The number of halogens is 4. The van der Waals surface area contributed by atoms with Gasteiger partial charge in [0.2, 0.25) is 0 Å². The van der Waals surface area contributed by atoms with Crippen molar-refractivity contribution in [3.63, 3.8) is 0 Å². The number of non-ortho nitro benzene ring substituents is 1. The van der Waals surface area contributed by atoms with E-state index in [0.29, 0.717) is 17.7 Å². The number of hydrogen-bond donors (Lipinski definition) is 0. The Hall–Kier alpha value is -3.52. The van der Waals surface area contributed by atoms with Crippen LogP contribution in [-0.2, 0) is 6.18 Å². The van der Waals surface area contributed by atoms with Gasteiger partial charge in [-0.25, -0.2) is 4.39 Å². The second kappa shape index (κ2) is 8.08. The lowest BCUT2D eigenvalue weighted by Gasteiger charge is -2.14. The molecule has 0 aliphatic rings. The summed E-state index contributed by atoms with van der Waals surface area (Å²) < 4.78 is 51.7. The molecule has 0 radical (unpaired) electrons. The Morgan fingerprint density at radius 3 is 2.50 bits per heavy atom. The van der Waals surface area contributed by atoms with Crippen LogP contribution in [-0.4, -0.2) is 23.5 Å². The fourth-order valence-corrected chi connectivity index (χ4v) is 3.49. The van der Waals surface area contributed by atoms with Gasteiger partial charge in [0.1, 0.15) is 10.5 Å². The summed E-state index contributed by atoms with van der Waals surface area (Å²) in [4.78, 5) is 27.8. The maximum Gasteiger partial charge on any atom is 0.416 e. The number of fused-ring (bicyclic) bond motifs is 1. The van der Waals surface area contributed by atoms with Crippen LogP contribution in [0.3, 0.4) is 0 Å². The van der Waals surface area contributed by atoms with Crippen molar-refractivity contribution in [2.75, 3.05) is 18.5 Å². The van der Waals surface area contributed by atoms with Gasteiger partial charge in [0, 0.05) is 18.7 Å². The van der Waals surface area contributed by atoms with Gasteiger partial charge in [0.05, 0.1) is 22.4 Å². The number of nitro benzene ring substituents is 1. The minimum absolute atomic E-state index is 0.0590. The molecule has 0 aliphatic heterocycles. The zero-order valence-corrected chi connectivity index (χ0v) is 16.0. The topological polar surface area (TPSA) is 76.3 Å². The quantitative estimate of drug-likeness (QED) is 0.266. The van der Waals surface area contributed by atoms with Gasteiger partial charge in [-0.1, -0.05) is 23.2 Å². The molecule has 154 valence electrons. The third kappa shape index (κ3) is 4.55. The maximum atomic E-state index is 13.0. The van der Waals surface area contributed by atoms with Crippen LogP contribution in [0.1, 0.15) is 11.1 Å². The van der Waals surface area contributed by atoms with Gasteiger partial charge in [-0.05, 0) is 30.3 Å². The Kier molecular flexibility index (Phi) is 5.71. The van der Waals surface area contributed by atoms with E-state index in [-0.39, 0.29) is 16.4 Å². The van der Waals surface area contributed by atoms with Crippen molar-refractivity contribution in [1.29, 1.82) is 0 Å². The molecule has 0 saturated heterocycles. The molecule has 6 nitrogen and oxygen atoms in total. The van der Waals surface area contributed by atoms with E-state index in [4.69, 9.17) is 0 Å². The average Bonchev–Trinajstić information content (AvgIpc) is 2.67. The normalized spacial score (nSPS) is 11.1. The molecule has 3 rings (SSSR count). The Morgan fingerprint density at radius 2 is 1.90 bits per heavy atom. The third-order valence-electron chi connectivity index (χ3n) is 3.93. The molecule has 0 saturated carbocycles. The summed E-state index contributed by atoms with van der Waals surface area (Å²) in [5.74, 6) is 5.17. The van der Waals surface area contributed by atoms with Crippen LogP contribution in [0.25, 0.3) is 10.1 Å². The molecule has 0 aliphatic carbocycles. The monoisotopic (exact) mass is 437 g/mol. The van der Waals surface area contributed by atoms with Crippen LogP contribution in [0.2, 0.25) is 0 Å². The van der Waals surface area contributed by atoms with Crippen LogP contribution in [0.5, 0.6) is 0 Å². The summed E-state index contributed by atoms with van der Waals surface area (Å²) in [7, 11) is 1.53. The molecule has 0 spiro atoms. The number of nitrogens with zero attached hydrogens (tertiary/aromatic N) is 3. The summed E-state index contributed by atoms with van der Waals surface area (Å²) >= 11 is 0.720. The lowest BCUT2D eigenvalue weighted by atomic mass is 10.1. The van der Waals surface area contributed by atoms with Crippen molar-refractivity contribution in [2.45, 2.75) is 6.18 Å². The van der Waals surface area contributed by atoms with Crippen LogP contribution < -0.4 is 10.5 Å². The first-order valence-electron chi connectivity index (χ1n) is 8.22. The van der Waals surface area contributed by atoms with E-state index in [1.54, 1.807) is 0 Å². The van der Waals surface area contributed by atoms with Crippen molar-refractivity contribution in [2.24, 2.45) is 0 Å². The zero-order valence-electron chi connectivity index (χ0n) is 15.2. The van der Waals surface area contributed by atoms with Gasteiger partial charge in [-0.3, -0.25) is 14.9 Å². The van der Waals surface area contributed by atoms with Crippen molar-refractivity contribution >= 4 is 32.2 Å². The van der Waals surface area contributed by atoms with Crippen LogP contribution in [0.4, 0.5) is 28.4 Å². The van der Waals surface area contributed by atoms with E-state index in [1.807, 2.05) is 0 Å². The van der Waals surface area contributed by atoms with Gasteiger partial charge in [-0.2, -0.15) is 18.2 Å². The van der Waals surface area contributed by atoms with E-state index in [9.17, 15) is 32.5 Å². The predicted octanol–water partition coefficient (Wildman–Crippen LogP) is 4.21. The molecule has 3 aromatic rings. The highest BCUT2D eigenvalue weighted by Crippen LogP contribution is 2.38. The SMILES string of the molecule is CN(CC#Cc1ccc(F)cc1)c1nc(=O)c2cc(C(F)(F)F)cc([N+](=O)[O-])c2s1. The number of rotatable bonds is 3. The first-order chi connectivity index (χ1) is 14.1. The molecule has 2 aromatic carbocycles. The maximum absolute atomic E-state index is 13.0. The molecule has 1 heterocycles. The summed E-state index contributed by atoms with van der Waals surface area (Å²) in [6.07, 6.45) is -4.85. The molecule has 0 bridgehead atoms. The average molecular weight is 437 g/mol. The predicted molar refractivity (Wildman–Crippen MR) is 104 cm³/mol. The van der Waals surface area contributed by atoms with Crippen molar-refractivity contribution in [1.82, 2.24) is 4.98 Å². The first-order valence-corrected chi connectivity index (χ1v) is 9.04. The van der Waals surface area contributed by atoms with Crippen molar-refractivity contribution < 1.29 is 22.5 Å². The Bertz CT molecular complexity index is 1240. The van der Waals surface area contributed by atoms with Crippen molar-refractivity contribution in [3.05, 3.63) is 73.8 Å². The van der Waals surface area contributed by atoms with Gasteiger partial charge in [0.25, 0.3) is 11.2 Å². The Morgan fingerprint density at radius 1 is 1.23 bits per heavy atom. The first kappa shape index (κ1) is 21.2. The largest absolute Gasteiger partial charge is 0.416 e. The fourth-order valence-electron chi connectivity index (χ4n) is 2.46. The second-order valence-corrected chi connectivity index (χ2v) is 7.07. The number of benzene rings is 2. The standard InChI is InChI=1S/C19H11F4N3O3S/c1-25(8-2-3-11-4-6-13(20)7-5-11)18-24-17(27)14-9-12(19(21,22)23)10-15(26(28)29)16(14)30-18/h4-7,9-10H,8H2,1H3. The molecular weight excluding hydrogens is 426 g/mol. The van der Waals surface area contributed by atoms with Gasteiger partial charge in [-0.15, -0.1) is 0 Å². The number of aromatic nitrogens is 1. The summed E-state index contributed by atoms with van der Waals surface area (Å²) in [6.45, 7) is 0.0697. The van der Waals surface area contributed by atoms with Gasteiger partial charge >= 0.3 is 6.18 Å². The number of alkyl halides is 3. The molecule has 0 fully saturated rings. The summed E-state index contributed by atoms with van der Waals surface area (Å²) in [5, 5.41) is 10.9. The highest BCUT2D eigenvalue weighted by molar-refractivity contribution is 7.22. The van der Waals surface area contributed by atoms with E-state index >= 15 is 0 Å². The molecule has 11 heteroatoms. The second-order valence-electron chi connectivity index (χ2n) is 6.09. The molecule has 0 unspecified atom stereocenters. The Balaban J connectivity index is 1.99. The lowest BCUT2D eigenvalue weighted by Crippen LogP contribution is -2.21. The number of hydrogen-bond acceptors (Lipinski definition) is 6. The summed E-state index contributed by atoms with van der Waals surface area (Å²) in [6, 6.07) is 6.42. The van der Waals surface area contributed by atoms with Gasteiger partial charge < -0.3 is 4.90 Å². The fraction of sp³-hybridized carbons (Fsp3) is 0.158. The van der Waals surface area contributed by atoms with E-state index in [2.05, 4.69) is 16.8 Å². The molecule has 0 atom stereocenters. The smallest absolute Gasteiger partial charge is 0.340 e. The number of anilines is 1. The van der Waals surface area contributed by atoms with Crippen LogP contribution >= 0.6 is 11.3 Å². The highest BCUT2D eigenvalue weighted by Gasteiger charge is 2.34.